The molecule has 0 saturated heterocycles. The average molecular weight is 372 g/mol. The Morgan fingerprint density at radius 3 is 2.20 bits per heavy atom. The first-order valence-electron chi connectivity index (χ1n) is 8.65. The van der Waals surface area contributed by atoms with Gasteiger partial charge in [0.25, 0.3) is 0 Å². The zero-order valence-electron chi connectivity index (χ0n) is 14.7. The van der Waals surface area contributed by atoms with Crippen LogP contribution in [0.5, 0.6) is 0 Å². The molecule has 3 nitrogen and oxygen atoms in total. The van der Waals surface area contributed by atoms with Crippen molar-refractivity contribution in [2.24, 2.45) is 23.2 Å². The number of halogens is 5. The minimum absolute atomic E-state index is 0.148. The van der Waals surface area contributed by atoms with E-state index in [1.165, 1.54) is 13.8 Å². The Morgan fingerprint density at radius 1 is 1.16 bits per heavy atom. The van der Waals surface area contributed by atoms with E-state index in [-0.39, 0.29) is 18.3 Å². The summed E-state index contributed by atoms with van der Waals surface area (Å²) in [4.78, 5) is 12.1. The van der Waals surface area contributed by atoms with Crippen LogP contribution in [0.15, 0.2) is 0 Å². The molecule has 0 aromatic heterocycles. The zero-order chi connectivity index (χ0) is 19.0. The van der Waals surface area contributed by atoms with Gasteiger partial charge in [0.15, 0.2) is 0 Å². The van der Waals surface area contributed by atoms with Crippen LogP contribution in [0.4, 0.5) is 22.0 Å². The van der Waals surface area contributed by atoms with Crippen molar-refractivity contribution >= 4 is 5.97 Å². The first-order valence-corrected chi connectivity index (χ1v) is 8.65. The fourth-order valence-electron chi connectivity index (χ4n) is 3.63. The number of hydrogen-bond acceptors (Lipinski definition) is 3. The summed E-state index contributed by atoms with van der Waals surface area (Å²) in [6.07, 6.45) is -5.91. The largest absolute Gasteiger partial charge is 0.462 e. The quantitative estimate of drug-likeness (QED) is 0.361. The second-order valence-corrected chi connectivity index (χ2v) is 7.84. The van der Waals surface area contributed by atoms with E-state index in [0.717, 1.165) is 19.3 Å². The molecule has 8 heteroatoms. The standard InChI is InChI=1S/C17H25F5O3/c1-4-15(2,3)14(23)25-16(13(18)19,17(20,21)22)24-9-12-8-10-5-6-11(12)7-10/h10-13H,4-9H2,1-3H3. The molecule has 0 radical (unpaired) electrons. The van der Waals surface area contributed by atoms with Crippen molar-refractivity contribution in [1.82, 2.24) is 0 Å². The molecule has 0 aromatic carbocycles. The van der Waals surface area contributed by atoms with Crippen molar-refractivity contribution in [2.75, 3.05) is 6.61 Å². The molecule has 2 saturated carbocycles. The SMILES string of the molecule is CCC(C)(C)C(=O)OC(OCC1CC2CCC1C2)(C(F)F)C(F)(F)F. The number of esters is 1. The topological polar surface area (TPSA) is 35.5 Å². The highest BCUT2D eigenvalue weighted by Gasteiger charge is 2.68. The molecule has 0 N–H and O–H groups in total. The fourth-order valence-corrected chi connectivity index (χ4v) is 3.63. The Labute approximate surface area is 144 Å². The number of ether oxygens (including phenoxy) is 2. The second kappa shape index (κ2) is 7.00. The minimum atomic E-state index is -5.53. The van der Waals surface area contributed by atoms with Crippen LogP contribution in [-0.4, -0.2) is 31.0 Å². The molecule has 2 fully saturated rings. The average Bonchev–Trinajstić information content (AvgIpc) is 3.12. The molecule has 0 spiro atoms. The van der Waals surface area contributed by atoms with E-state index in [2.05, 4.69) is 9.47 Å². The van der Waals surface area contributed by atoms with Gasteiger partial charge in [-0.3, -0.25) is 4.79 Å². The lowest BCUT2D eigenvalue weighted by Crippen LogP contribution is -2.58. The molecular formula is C17H25F5O3. The summed E-state index contributed by atoms with van der Waals surface area (Å²) in [7, 11) is 0. The Kier molecular flexibility index (Phi) is 5.71. The van der Waals surface area contributed by atoms with Crippen molar-refractivity contribution in [3.8, 4) is 0 Å². The summed E-state index contributed by atoms with van der Waals surface area (Å²) in [6.45, 7) is 3.77. The summed E-state index contributed by atoms with van der Waals surface area (Å²) in [5.41, 5.74) is -1.32. The minimum Gasteiger partial charge on any atom is -0.418 e. The van der Waals surface area contributed by atoms with Crippen molar-refractivity contribution in [1.29, 1.82) is 0 Å². The molecule has 2 aliphatic carbocycles. The van der Waals surface area contributed by atoms with Crippen molar-refractivity contribution in [3.05, 3.63) is 0 Å². The number of fused-ring (bicyclic) bond motifs is 2. The van der Waals surface area contributed by atoms with Crippen molar-refractivity contribution < 1.29 is 36.2 Å². The lowest BCUT2D eigenvalue weighted by atomic mass is 9.89. The number of hydrogen-bond donors (Lipinski definition) is 0. The zero-order valence-corrected chi connectivity index (χ0v) is 14.7. The molecule has 146 valence electrons. The number of alkyl halides is 5. The third-order valence-electron chi connectivity index (χ3n) is 5.76. The van der Waals surface area contributed by atoms with Crippen LogP contribution in [0, 0.1) is 23.2 Å². The summed E-state index contributed by atoms with van der Waals surface area (Å²) < 4.78 is 76.3. The van der Waals surface area contributed by atoms with E-state index in [1.807, 2.05) is 0 Å². The summed E-state index contributed by atoms with van der Waals surface area (Å²) in [5, 5.41) is 0. The van der Waals surface area contributed by atoms with Crippen LogP contribution in [-0.2, 0) is 14.3 Å². The first-order chi connectivity index (χ1) is 11.4. The lowest BCUT2D eigenvalue weighted by Gasteiger charge is -2.37. The Hall–Kier alpha value is -0.920. The predicted molar refractivity (Wildman–Crippen MR) is 79.8 cm³/mol. The highest BCUT2D eigenvalue weighted by atomic mass is 19.4. The number of carbonyl (C=O) groups is 1. The van der Waals surface area contributed by atoms with Gasteiger partial charge in [0, 0.05) is 0 Å². The molecule has 0 aliphatic heterocycles. The summed E-state index contributed by atoms with van der Waals surface area (Å²) in [6, 6.07) is 0. The van der Waals surface area contributed by atoms with E-state index in [9.17, 15) is 26.7 Å². The molecule has 2 rings (SSSR count). The molecule has 0 amide bonds. The van der Waals surface area contributed by atoms with Crippen molar-refractivity contribution in [3.63, 3.8) is 0 Å². The second-order valence-electron chi connectivity index (χ2n) is 7.84. The van der Waals surface area contributed by atoms with Gasteiger partial charge in [0.05, 0.1) is 12.0 Å². The van der Waals surface area contributed by atoms with Gasteiger partial charge in [0.2, 0.25) is 0 Å². The highest BCUT2D eigenvalue weighted by Crippen LogP contribution is 2.50. The van der Waals surface area contributed by atoms with Crippen LogP contribution < -0.4 is 0 Å². The van der Waals surface area contributed by atoms with E-state index in [0.29, 0.717) is 12.3 Å². The Morgan fingerprint density at radius 2 is 1.80 bits per heavy atom. The monoisotopic (exact) mass is 372 g/mol. The maximum atomic E-state index is 13.5. The first kappa shape index (κ1) is 20.4. The van der Waals surface area contributed by atoms with Gasteiger partial charge in [-0.25, -0.2) is 8.78 Å². The Bertz CT molecular complexity index is 491. The van der Waals surface area contributed by atoms with Crippen LogP contribution in [0.25, 0.3) is 0 Å². The smallest absolute Gasteiger partial charge is 0.418 e. The molecule has 4 unspecified atom stereocenters. The molecule has 4 atom stereocenters. The third kappa shape index (κ3) is 3.93. The van der Waals surface area contributed by atoms with Crippen LogP contribution in [0.2, 0.25) is 0 Å². The molecule has 0 heterocycles. The molecule has 2 bridgehead atoms. The van der Waals surface area contributed by atoms with E-state index in [4.69, 9.17) is 0 Å². The van der Waals surface area contributed by atoms with Crippen LogP contribution in [0.1, 0.15) is 52.9 Å². The van der Waals surface area contributed by atoms with E-state index in [1.54, 1.807) is 6.92 Å². The predicted octanol–water partition coefficient (Wildman–Crippen LogP) is 4.94. The van der Waals surface area contributed by atoms with E-state index >= 15 is 0 Å². The Balaban J connectivity index is 2.18. The number of carbonyl (C=O) groups excluding carboxylic acids is 1. The van der Waals surface area contributed by atoms with Crippen LogP contribution in [0.3, 0.4) is 0 Å². The number of rotatable bonds is 7. The summed E-state index contributed by atoms with van der Waals surface area (Å²) in [5.74, 6) is -5.11. The van der Waals surface area contributed by atoms with Gasteiger partial charge >= 0.3 is 24.4 Å². The highest BCUT2D eigenvalue weighted by molar-refractivity contribution is 5.76. The van der Waals surface area contributed by atoms with Gasteiger partial charge < -0.3 is 9.47 Å². The van der Waals surface area contributed by atoms with Gasteiger partial charge in [-0.2, -0.15) is 13.2 Å². The third-order valence-corrected chi connectivity index (χ3v) is 5.76. The van der Waals surface area contributed by atoms with Gasteiger partial charge in [-0.15, -0.1) is 0 Å². The van der Waals surface area contributed by atoms with E-state index < -0.39 is 36.4 Å². The fraction of sp³-hybridized carbons (Fsp3) is 0.941. The van der Waals surface area contributed by atoms with Gasteiger partial charge in [-0.1, -0.05) is 13.3 Å². The van der Waals surface area contributed by atoms with Gasteiger partial charge in [0.1, 0.15) is 0 Å². The van der Waals surface area contributed by atoms with Gasteiger partial charge in [-0.05, 0) is 57.3 Å². The summed E-state index contributed by atoms with van der Waals surface area (Å²) >= 11 is 0. The maximum absolute atomic E-state index is 13.5. The lowest BCUT2D eigenvalue weighted by molar-refractivity contribution is -0.405. The normalized spacial score (nSPS) is 29.1. The molecule has 2 aliphatic rings. The van der Waals surface area contributed by atoms with Crippen LogP contribution >= 0.6 is 0 Å². The molecular weight excluding hydrogens is 347 g/mol. The van der Waals surface area contributed by atoms with Crippen molar-refractivity contribution in [2.45, 2.75) is 71.3 Å². The molecule has 25 heavy (non-hydrogen) atoms. The maximum Gasteiger partial charge on any atom is 0.462 e. The molecule has 0 aromatic rings.